The zero-order valence-corrected chi connectivity index (χ0v) is 8.43. The maximum absolute atomic E-state index is 4.01. The van der Waals surface area contributed by atoms with Gasteiger partial charge >= 0.3 is 0 Å². The lowest BCUT2D eigenvalue weighted by Gasteiger charge is -2.05. The molecule has 0 saturated heterocycles. The Bertz CT molecular complexity index is 233. The quantitative estimate of drug-likeness (QED) is 0.737. The smallest absolute Gasteiger partial charge is 0.0412 e. The van der Waals surface area contributed by atoms with Gasteiger partial charge in [0.2, 0.25) is 0 Å². The molecule has 60 valence electrons. The molecule has 0 spiro atoms. The molecule has 0 radical (unpaired) electrons. The summed E-state index contributed by atoms with van der Waals surface area (Å²) >= 11 is 3.46. The summed E-state index contributed by atoms with van der Waals surface area (Å²) in [6.45, 7) is 4.43. The summed E-state index contributed by atoms with van der Waals surface area (Å²) in [5.74, 6) is 0.702. The highest BCUT2D eigenvalue weighted by atomic mass is 79.9. The predicted octanol–water partition coefficient (Wildman–Crippen LogP) is 3.04. The molecule has 0 aliphatic rings. The van der Waals surface area contributed by atoms with Crippen LogP contribution >= 0.6 is 15.9 Å². The average Bonchev–Trinajstić information content (AvgIpc) is 1.93. The van der Waals surface area contributed by atoms with E-state index in [4.69, 9.17) is 0 Å². The van der Waals surface area contributed by atoms with E-state index < -0.39 is 0 Å². The minimum atomic E-state index is 0.702. The van der Waals surface area contributed by atoms with Crippen molar-refractivity contribution in [3.05, 3.63) is 28.5 Å². The first-order chi connectivity index (χ1) is 5.20. The first-order valence-corrected chi connectivity index (χ1v) is 4.58. The van der Waals surface area contributed by atoms with Crippen LogP contribution in [-0.4, -0.2) is 4.98 Å². The molecule has 0 amide bonds. The zero-order chi connectivity index (χ0) is 8.27. The summed E-state index contributed by atoms with van der Waals surface area (Å²) in [7, 11) is 0. The summed E-state index contributed by atoms with van der Waals surface area (Å²) in [4.78, 5) is 4.01. The molecular formula is C9H12BrN. The SMILES string of the molecule is CC(C)Cc1ccncc1Br. The normalized spacial score (nSPS) is 10.5. The van der Waals surface area contributed by atoms with Crippen LogP contribution < -0.4 is 0 Å². The minimum absolute atomic E-state index is 0.702. The first-order valence-electron chi connectivity index (χ1n) is 3.78. The molecule has 0 aromatic carbocycles. The monoisotopic (exact) mass is 213 g/mol. The molecule has 0 N–H and O–H groups in total. The molecule has 0 saturated carbocycles. The van der Waals surface area contributed by atoms with Crippen LogP contribution in [0.1, 0.15) is 19.4 Å². The van der Waals surface area contributed by atoms with Crippen LogP contribution in [0.5, 0.6) is 0 Å². The van der Waals surface area contributed by atoms with Crippen molar-refractivity contribution in [1.82, 2.24) is 4.98 Å². The number of hydrogen-bond acceptors (Lipinski definition) is 1. The van der Waals surface area contributed by atoms with E-state index in [0.717, 1.165) is 10.9 Å². The lowest BCUT2D eigenvalue weighted by Crippen LogP contribution is -1.94. The molecule has 1 aromatic rings. The third-order valence-corrected chi connectivity index (χ3v) is 2.20. The number of halogens is 1. The highest BCUT2D eigenvalue weighted by Crippen LogP contribution is 2.17. The Labute approximate surface area is 76.0 Å². The van der Waals surface area contributed by atoms with Gasteiger partial charge in [0.05, 0.1) is 0 Å². The molecule has 0 unspecified atom stereocenters. The molecule has 0 atom stereocenters. The molecular weight excluding hydrogens is 202 g/mol. The van der Waals surface area contributed by atoms with E-state index in [0.29, 0.717) is 5.92 Å². The van der Waals surface area contributed by atoms with Crippen molar-refractivity contribution in [2.75, 3.05) is 0 Å². The average molecular weight is 214 g/mol. The fourth-order valence-corrected chi connectivity index (χ4v) is 1.42. The van der Waals surface area contributed by atoms with Crippen molar-refractivity contribution < 1.29 is 0 Å². The van der Waals surface area contributed by atoms with Gasteiger partial charge in [-0.3, -0.25) is 4.98 Å². The van der Waals surface area contributed by atoms with E-state index in [-0.39, 0.29) is 0 Å². The van der Waals surface area contributed by atoms with Gasteiger partial charge in [0.15, 0.2) is 0 Å². The van der Waals surface area contributed by atoms with Crippen LogP contribution in [0.15, 0.2) is 22.9 Å². The molecule has 0 aliphatic heterocycles. The van der Waals surface area contributed by atoms with E-state index in [2.05, 4.69) is 40.8 Å². The van der Waals surface area contributed by atoms with Crippen LogP contribution in [-0.2, 0) is 6.42 Å². The summed E-state index contributed by atoms with van der Waals surface area (Å²) in [6.07, 6.45) is 4.79. The Morgan fingerprint density at radius 3 is 2.82 bits per heavy atom. The molecule has 0 aliphatic carbocycles. The second-order valence-electron chi connectivity index (χ2n) is 3.07. The fourth-order valence-electron chi connectivity index (χ4n) is 1.01. The van der Waals surface area contributed by atoms with Gasteiger partial charge in [0, 0.05) is 16.9 Å². The predicted molar refractivity (Wildman–Crippen MR) is 50.5 cm³/mol. The second-order valence-corrected chi connectivity index (χ2v) is 3.92. The van der Waals surface area contributed by atoms with Gasteiger partial charge in [-0.15, -0.1) is 0 Å². The van der Waals surface area contributed by atoms with Gasteiger partial charge in [-0.1, -0.05) is 13.8 Å². The molecule has 0 fully saturated rings. The first kappa shape index (κ1) is 8.72. The van der Waals surface area contributed by atoms with Gasteiger partial charge in [-0.25, -0.2) is 0 Å². The summed E-state index contributed by atoms with van der Waals surface area (Å²) in [5.41, 5.74) is 1.34. The summed E-state index contributed by atoms with van der Waals surface area (Å²) in [5, 5.41) is 0. The van der Waals surface area contributed by atoms with Crippen molar-refractivity contribution >= 4 is 15.9 Å². The number of nitrogens with zero attached hydrogens (tertiary/aromatic N) is 1. The van der Waals surface area contributed by atoms with E-state index in [1.807, 2.05) is 12.4 Å². The fraction of sp³-hybridized carbons (Fsp3) is 0.444. The number of aromatic nitrogens is 1. The molecule has 1 heterocycles. The summed E-state index contributed by atoms with van der Waals surface area (Å²) < 4.78 is 1.12. The second kappa shape index (κ2) is 3.86. The topological polar surface area (TPSA) is 12.9 Å². The van der Waals surface area contributed by atoms with Crippen molar-refractivity contribution in [1.29, 1.82) is 0 Å². The van der Waals surface area contributed by atoms with Crippen LogP contribution in [0.2, 0.25) is 0 Å². The molecule has 2 heteroatoms. The van der Waals surface area contributed by atoms with Crippen LogP contribution in [0.3, 0.4) is 0 Å². The van der Waals surface area contributed by atoms with E-state index >= 15 is 0 Å². The van der Waals surface area contributed by atoms with Crippen molar-refractivity contribution in [3.8, 4) is 0 Å². The maximum atomic E-state index is 4.01. The van der Waals surface area contributed by atoms with E-state index in [1.165, 1.54) is 5.56 Å². The third-order valence-electron chi connectivity index (χ3n) is 1.48. The van der Waals surface area contributed by atoms with Gasteiger partial charge in [0.1, 0.15) is 0 Å². The minimum Gasteiger partial charge on any atom is -0.264 e. The number of rotatable bonds is 2. The maximum Gasteiger partial charge on any atom is 0.0412 e. The van der Waals surface area contributed by atoms with Crippen molar-refractivity contribution in [2.24, 2.45) is 5.92 Å². The Morgan fingerprint density at radius 1 is 1.55 bits per heavy atom. The molecule has 11 heavy (non-hydrogen) atoms. The third kappa shape index (κ3) is 2.62. The molecule has 1 aromatic heterocycles. The zero-order valence-electron chi connectivity index (χ0n) is 6.84. The van der Waals surface area contributed by atoms with Crippen LogP contribution in [0.25, 0.3) is 0 Å². The van der Waals surface area contributed by atoms with Crippen molar-refractivity contribution in [2.45, 2.75) is 20.3 Å². The number of pyridine rings is 1. The van der Waals surface area contributed by atoms with Gasteiger partial charge in [-0.2, -0.15) is 0 Å². The lowest BCUT2D eigenvalue weighted by atomic mass is 10.0. The lowest BCUT2D eigenvalue weighted by molar-refractivity contribution is 0.645. The van der Waals surface area contributed by atoms with Crippen LogP contribution in [0, 0.1) is 5.92 Å². The Hall–Kier alpha value is -0.370. The standard InChI is InChI=1S/C9H12BrN/c1-7(2)5-8-3-4-11-6-9(8)10/h3-4,6-7H,5H2,1-2H3. The van der Waals surface area contributed by atoms with Crippen molar-refractivity contribution in [3.63, 3.8) is 0 Å². The molecule has 1 rings (SSSR count). The van der Waals surface area contributed by atoms with E-state index in [9.17, 15) is 0 Å². The number of hydrogen-bond donors (Lipinski definition) is 0. The largest absolute Gasteiger partial charge is 0.264 e. The summed E-state index contributed by atoms with van der Waals surface area (Å²) in [6, 6.07) is 2.06. The highest BCUT2D eigenvalue weighted by molar-refractivity contribution is 9.10. The van der Waals surface area contributed by atoms with Gasteiger partial charge < -0.3 is 0 Å². The Balaban J connectivity index is 2.78. The molecule has 0 bridgehead atoms. The van der Waals surface area contributed by atoms with Gasteiger partial charge in [-0.05, 0) is 39.9 Å². The van der Waals surface area contributed by atoms with Crippen LogP contribution in [0.4, 0.5) is 0 Å². The van der Waals surface area contributed by atoms with Gasteiger partial charge in [0.25, 0.3) is 0 Å². The highest BCUT2D eigenvalue weighted by Gasteiger charge is 2.00. The van der Waals surface area contributed by atoms with E-state index in [1.54, 1.807) is 0 Å². The molecule has 1 nitrogen and oxygen atoms in total. The Morgan fingerprint density at radius 2 is 2.27 bits per heavy atom. The Kier molecular flexibility index (Phi) is 3.06.